The molecule has 2 rings (SSSR count). The van der Waals surface area contributed by atoms with Crippen molar-refractivity contribution in [3.8, 4) is 0 Å². The summed E-state index contributed by atoms with van der Waals surface area (Å²) in [4.78, 5) is 13.9. The van der Waals surface area contributed by atoms with E-state index in [1.54, 1.807) is 0 Å². The number of likely N-dealkylation sites (tertiary alicyclic amines) is 1. The molecule has 15 heavy (non-hydrogen) atoms. The highest BCUT2D eigenvalue weighted by molar-refractivity contribution is 5.87. The van der Waals surface area contributed by atoms with Gasteiger partial charge in [-0.1, -0.05) is 0 Å². The van der Waals surface area contributed by atoms with Crippen LogP contribution in [0.15, 0.2) is 0 Å². The highest BCUT2D eigenvalue weighted by Crippen LogP contribution is 2.25. The molecule has 0 aliphatic carbocycles. The van der Waals surface area contributed by atoms with Gasteiger partial charge in [0.2, 0.25) is 0 Å². The van der Waals surface area contributed by atoms with Crippen LogP contribution in [0.1, 0.15) is 26.2 Å². The molecule has 2 unspecified atom stereocenters. The van der Waals surface area contributed by atoms with E-state index in [0.29, 0.717) is 12.6 Å². The van der Waals surface area contributed by atoms with Crippen LogP contribution in [0.5, 0.6) is 0 Å². The molecular formula is C11H20N2O2. The van der Waals surface area contributed by atoms with Crippen LogP contribution < -0.4 is 5.32 Å². The van der Waals surface area contributed by atoms with Crippen molar-refractivity contribution < 1.29 is 9.53 Å². The summed E-state index contributed by atoms with van der Waals surface area (Å²) in [5, 5.41) is 2.94. The lowest BCUT2D eigenvalue weighted by Gasteiger charge is -2.19. The lowest BCUT2D eigenvalue weighted by Crippen LogP contribution is -2.38. The number of nitrogens with one attached hydrogen (secondary N) is 1. The topological polar surface area (TPSA) is 44.9 Å². The van der Waals surface area contributed by atoms with Crippen molar-refractivity contribution >= 4 is 5.91 Å². The van der Waals surface area contributed by atoms with Crippen molar-refractivity contribution in [1.82, 2.24) is 10.2 Å². The Morgan fingerprint density at radius 2 is 2.40 bits per heavy atom. The Morgan fingerprint density at radius 3 is 2.93 bits per heavy atom. The van der Waals surface area contributed by atoms with Gasteiger partial charge in [-0.05, 0) is 39.8 Å². The summed E-state index contributed by atoms with van der Waals surface area (Å²) in [6, 6.07) is 0.651. The molecule has 0 aromatic rings. The van der Waals surface area contributed by atoms with Gasteiger partial charge in [0.15, 0.2) is 5.60 Å². The summed E-state index contributed by atoms with van der Waals surface area (Å²) in [5.41, 5.74) is -0.512. The maximum atomic E-state index is 11.5. The van der Waals surface area contributed by atoms with Gasteiger partial charge in [-0.2, -0.15) is 0 Å². The van der Waals surface area contributed by atoms with E-state index in [-0.39, 0.29) is 5.91 Å². The van der Waals surface area contributed by atoms with Gasteiger partial charge in [0.25, 0.3) is 5.91 Å². The average Bonchev–Trinajstić information content (AvgIpc) is 2.83. The predicted molar refractivity (Wildman–Crippen MR) is 57.6 cm³/mol. The van der Waals surface area contributed by atoms with E-state index < -0.39 is 5.60 Å². The number of ether oxygens (including phenoxy) is 1. The zero-order valence-corrected chi connectivity index (χ0v) is 9.58. The third-order valence-corrected chi connectivity index (χ3v) is 3.49. The molecule has 0 saturated carbocycles. The van der Waals surface area contributed by atoms with E-state index in [9.17, 15) is 4.79 Å². The molecule has 86 valence electrons. The van der Waals surface area contributed by atoms with Crippen LogP contribution in [0.4, 0.5) is 0 Å². The van der Waals surface area contributed by atoms with Gasteiger partial charge in [-0.15, -0.1) is 0 Å². The number of hydrogen-bond acceptors (Lipinski definition) is 3. The van der Waals surface area contributed by atoms with E-state index >= 15 is 0 Å². The molecule has 4 nitrogen and oxygen atoms in total. The van der Waals surface area contributed by atoms with Gasteiger partial charge in [0.1, 0.15) is 0 Å². The lowest BCUT2D eigenvalue weighted by molar-refractivity contribution is -0.125. The SMILES string of the molecule is CN1CCCC1CCNC(=O)C1(C)CO1. The van der Waals surface area contributed by atoms with Crippen molar-refractivity contribution in [1.29, 1.82) is 0 Å². The Balaban J connectivity index is 1.64. The molecule has 2 aliphatic rings. The zero-order valence-electron chi connectivity index (χ0n) is 9.58. The molecule has 2 fully saturated rings. The summed E-state index contributed by atoms with van der Waals surface area (Å²) in [7, 11) is 2.16. The summed E-state index contributed by atoms with van der Waals surface area (Å²) < 4.78 is 5.08. The number of hydrogen-bond donors (Lipinski definition) is 1. The van der Waals surface area contributed by atoms with Gasteiger partial charge >= 0.3 is 0 Å². The van der Waals surface area contributed by atoms with Gasteiger partial charge in [0.05, 0.1) is 6.61 Å². The summed E-state index contributed by atoms with van der Waals surface area (Å²) >= 11 is 0. The third kappa shape index (κ3) is 2.49. The molecule has 1 amide bonds. The van der Waals surface area contributed by atoms with E-state index in [1.165, 1.54) is 19.4 Å². The van der Waals surface area contributed by atoms with E-state index in [0.717, 1.165) is 13.0 Å². The molecule has 0 spiro atoms. The number of amides is 1. The largest absolute Gasteiger partial charge is 0.359 e. The molecular weight excluding hydrogens is 192 g/mol. The monoisotopic (exact) mass is 212 g/mol. The van der Waals surface area contributed by atoms with Crippen molar-refractivity contribution in [3.05, 3.63) is 0 Å². The Kier molecular flexibility index (Phi) is 2.98. The van der Waals surface area contributed by atoms with Crippen molar-refractivity contribution in [3.63, 3.8) is 0 Å². The highest BCUT2D eigenvalue weighted by Gasteiger charge is 2.47. The van der Waals surface area contributed by atoms with Gasteiger partial charge in [-0.25, -0.2) is 0 Å². The van der Waals surface area contributed by atoms with Crippen LogP contribution >= 0.6 is 0 Å². The standard InChI is InChI=1S/C11H20N2O2/c1-11(8-15-11)10(14)12-6-5-9-4-3-7-13(9)2/h9H,3-8H2,1-2H3,(H,12,14). The van der Waals surface area contributed by atoms with Crippen LogP contribution in [0, 0.1) is 0 Å². The summed E-state index contributed by atoms with van der Waals surface area (Å²) in [6.45, 7) is 4.37. The van der Waals surface area contributed by atoms with Crippen molar-refractivity contribution in [2.24, 2.45) is 0 Å². The van der Waals surface area contributed by atoms with Crippen LogP contribution in [-0.4, -0.2) is 49.2 Å². The molecule has 4 heteroatoms. The van der Waals surface area contributed by atoms with Gasteiger partial charge in [0, 0.05) is 12.6 Å². The number of nitrogens with zero attached hydrogens (tertiary/aromatic N) is 1. The lowest BCUT2D eigenvalue weighted by atomic mass is 10.1. The number of carbonyl (C=O) groups excluding carboxylic acids is 1. The Labute approximate surface area is 91.0 Å². The van der Waals surface area contributed by atoms with Gasteiger partial charge < -0.3 is 15.0 Å². The number of rotatable bonds is 4. The zero-order chi connectivity index (χ0) is 10.9. The summed E-state index contributed by atoms with van der Waals surface area (Å²) in [5.74, 6) is 0.0446. The van der Waals surface area contributed by atoms with Crippen molar-refractivity contribution in [2.45, 2.75) is 37.8 Å². The Hall–Kier alpha value is -0.610. The first kappa shape index (κ1) is 10.9. The summed E-state index contributed by atoms with van der Waals surface area (Å²) in [6.07, 6.45) is 3.61. The van der Waals surface area contributed by atoms with Crippen LogP contribution in [-0.2, 0) is 9.53 Å². The molecule has 0 radical (unpaired) electrons. The molecule has 0 bridgehead atoms. The molecule has 0 aromatic heterocycles. The Morgan fingerprint density at radius 1 is 1.67 bits per heavy atom. The maximum Gasteiger partial charge on any atom is 0.254 e. The fourth-order valence-corrected chi connectivity index (χ4v) is 2.12. The number of epoxide rings is 1. The predicted octanol–water partition coefficient (Wildman–Crippen LogP) is 0.376. The maximum absolute atomic E-state index is 11.5. The van der Waals surface area contributed by atoms with Crippen LogP contribution in [0.2, 0.25) is 0 Å². The van der Waals surface area contributed by atoms with Crippen LogP contribution in [0.3, 0.4) is 0 Å². The normalized spacial score (nSPS) is 35.5. The molecule has 0 aromatic carbocycles. The minimum atomic E-state index is -0.512. The fourth-order valence-electron chi connectivity index (χ4n) is 2.12. The molecule has 2 heterocycles. The minimum absolute atomic E-state index is 0.0446. The van der Waals surface area contributed by atoms with E-state index in [1.807, 2.05) is 6.92 Å². The third-order valence-electron chi connectivity index (χ3n) is 3.49. The van der Waals surface area contributed by atoms with E-state index in [2.05, 4.69) is 17.3 Å². The van der Waals surface area contributed by atoms with Crippen molar-refractivity contribution in [2.75, 3.05) is 26.7 Å². The highest BCUT2D eigenvalue weighted by atomic mass is 16.6. The first-order valence-electron chi connectivity index (χ1n) is 5.74. The Bertz CT molecular complexity index is 251. The van der Waals surface area contributed by atoms with Crippen LogP contribution in [0.25, 0.3) is 0 Å². The first-order valence-corrected chi connectivity index (χ1v) is 5.74. The number of carbonyl (C=O) groups is 1. The smallest absolute Gasteiger partial charge is 0.254 e. The first-order chi connectivity index (χ1) is 7.12. The minimum Gasteiger partial charge on any atom is -0.359 e. The van der Waals surface area contributed by atoms with Gasteiger partial charge in [-0.3, -0.25) is 4.79 Å². The average molecular weight is 212 g/mol. The second-order valence-electron chi connectivity index (χ2n) is 4.84. The molecule has 1 N–H and O–H groups in total. The molecule has 2 saturated heterocycles. The molecule has 2 aliphatic heterocycles. The second-order valence-corrected chi connectivity index (χ2v) is 4.84. The quantitative estimate of drug-likeness (QED) is 0.685. The fraction of sp³-hybridized carbons (Fsp3) is 0.909. The molecule has 2 atom stereocenters. The van der Waals surface area contributed by atoms with E-state index in [4.69, 9.17) is 4.74 Å². The second kappa shape index (κ2) is 4.10.